The molecule has 1 saturated heterocycles. The molecule has 3 aromatic rings. The monoisotopic (exact) mass is 450 g/mol. The van der Waals surface area contributed by atoms with Crippen LogP contribution < -0.4 is 0 Å². The first-order chi connectivity index (χ1) is 14.9. The van der Waals surface area contributed by atoms with Gasteiger partial charge in [0.05, 0.1) is 18.2 Å². The van der Waals surface area contributed by atoms with Crippen molar-refractivity contribution in [3.63, 3.8) is 0 Å². The fraction of sp³-hybridized carbons (Fsp3) is 0.308. The van der Waals surface area contributed by atoms with Gasteiger partial charge in [0.1, 0.15) is 0 Å². The van der Waals surface area contributed by atoms with Crippen LogP contribution in [0.1, 0.15) is 48.7 Å². The molecule has 4 rings (SSSR count). The van der Waals surface area contributed by atoms with Crippen LogP contribution in [0.3, 0.4) is 0 Å². The molecule has 0 N–H and O–H groups in total. The molecule has 1 aliphatic heterocycles. The van der Waals surface area contributed by atoms with Gasteiger partial charge in [-0.3, -0.25) is 0 Å². The minimum Gasteiger partial charge on any atom is -0.318 e. The highest BCUT2D eigenvalue weighted by Crippen LogP contribution is 2.70. The Morgan fingerprint density at radius 3 is 1.48 bits per heavy atom. The maximum Gasteiger partial charge on any atom is 0.204 e. The van der Waals surface area contributed by atoms with Gasteiger partial charge in [-0.05, 0) is 48.5 Å². The van der Waals surface area contributed by atoms with Crippen LogP contribution in [0.2, 0.25) is 0 Å². The summed E-state index contributed by atoms with van der Waals surface area (Å²) in [6, 6.07) is 32.1. The van der Waals surface area contributed by atoms with Crippen LogP contribution in [0.15, 0.2) is 91.0 Å². The summed E-state index contributed by atoms with van der Waals surface area (Å²) >= 11 is 6.40. The number of rotatable bonds is 6. The zero-order chi connectivity index (χ0) is 22.0. The molecule has 1 fully saturated rings. The molecule has 3 atom stereocenters. The lowest BCUT2D eigenvalue weighted by molar-refractivity contribution is 0.152. The van der Waals surface area contributed by atoms with Crippen molar-refractivity contribution in [1.82, 2.24) is 9.34 Å². The molecule has 162 valence electrons. The molecule has 0 unspecified atom stereocenters. The Hall–Kier alpha value is -1.81. The first kappa shape index (κ1) is 22.4. The topological polar surface area (TPSA) is 15.7 Å². The van der Waals surface area contributed by atoms with E-state index in [0.717, 1.165) is 0 Å². The standard InChI is InChI=1S/C26H31N2OPS/c1-20(2)26(23-18-12-7-13-19-23)29-30(31)27(3)24(21-14-8-5-9-15-21)25(28(30)4)22-16-10-6-11-17-22/h5-20,24-26H,1-4H3/t24-,25-,26+/m1/s1. The molecular formula is C26H31N2OPS. The highest BCUT2D eigenvalue weighted by molar-refractivity contribution is 8.10. The van der Waals surface area contributed by atoms with E-state index in [4.69, 9.17) is 16.3 Å². The molecule has 0 spiro atoms. The molecule has 0 radical (unpaired) electrons. The molecule has 1 aliphatic rings. The lowest BCUT2D eigenvalue weighted by Gasteiger charge is -2.35. The number of nitrogens with zero attached hydrogens (tertiary/aromatic N) is 2. The summed E-state index contributed by atoms with van der Waals surface area (Å²) in [7, 11) is 4.28. The molecule has 0 bridgehead atoms. The molecule has 1 heterocycles. The molecule has 5 heteroatoms. The normalized spacial score (nSPS) is 22.6. The Morgan fingerprint density at radius 1 is 0.710 bits per heavy atom. The number of hydrogen-bond acceptors (Lipinski definition) is 2. The second-order valence-electron chi connectivity index (χ2n) is 8.53. The van der Waals surface area contributed by atoms with Gasteiger partial charge in [0, 0.05) is 0 Å². The van der Waals surface area contributed by atoms with Crippen LogP contribution in [-0.2, 0) is 16.3 Å². The van der Waals surface area contributed by atoms with E-state index in [1.807, 2.05) is 6.07 Å². The van der Waals surface area contributed by atoms with E-state index >= 15 is 0 Å². The first-order valence-electron chi connectivity index (χ1n) is 10.8. The van der Waals surface area contributed by atoms with Crippen molar-refractivity contribution in [2.75, 3.05) is 14.1 Å². The van der Waals surface area contributed by atoms with Crippen molar-refractivity contribution >= 4 is 18.4 Å². The summed E-state index contributed by atoms with van der Waals surface area (Å²) in [5.41, 5.74) is 3.71. The van der Waals surface area contributed by atoms with Crippen molar-refractivity contribution in [2.24, 2.45) is 5.92 Å². The van der Waals surface area contributed by atoms with Crippen LogP contribution in [0.4, 0.5) is 0 Å². The fourth-order valence-electron chi connectivity index (χ4n) is 4.55. The average molecular weight is 451 g/mol. The predicted molar refractivity (Wildman–Crippen MR) is 133 cm³/mol. The van der Waals surface area contributed by atoms with Gasteiger partial charge in [-0.1, -0.05) is 105 Å². The molecule has 0 saturated carbocycles. The lowest BCUT2D eigenvalue weighted by atomic mass is 9.93. The summed E-state index contributed by atoms with van der Waals surface area (Å²) in [6.45, 7) is 1.94. The van der Waals surface area contributed by atoms with Gasteiger partial charge >= 0.3 is 0 Å². The van der Waals surface area contributed by atoms with Crippen molar-refractivity contribution in [3.8, 4) is 0 Å². The van der Waals surface area contributed by atoms with E-state index < -0.39 is 6.57 Å². The second kappa shape index (κ2) is 9.36. The van der Waals surface area contributed by atoms with Crippen LogP contribution in [-0.4, -0.2) is 23.4 Å². The van der Waals surface area contributed by atoms with Crippen molar-refractivity contribution in [3.05, 3.63) is 108 Å². The van der Waals surface area contributed by atoms with Crippen LogP contribution in [0, 0.1) is 5.92 Å². The van der Waals surface area contributed by atoms with Gasteiger partial charge in [-0.15, -0.1) is 0 Å². The summed E-state index contributed by atoms with van der Waals surface area (Å²) in [4.78, 5) is 0. The summed E-state index contributed by atoms with van der Waals surface area (Å²) in [5, 5.41) is 0. The summed E-state index contributed by atoms with van der Waals surface area (Å²) < 4.78 is 11.6. The maximum absolute atomic E-state index is 6.95. The number of hydrogen-bond donors (Lipinski definition) is 0. The highest BCUT2D eigenvalue weighted by atomic mass is 32.5. The Bertz CT molecular complexity index is 974. The zero-order valence-corrected chi connectivity index (χ0v) is 20.3. The highest BCUT2D eigenvalue weighted by Gasteiger charge is 2.51. The van der Waals surface area contributed by atoms with Crippen LogP contribution in [0.25, 0.3) is 0 Å². The maximum atomic E-state index is 6.95. The van der Waals surface area contributed by atoms with Crippen LogP contribution >= 0.6 is 6.57 Å². The largest absolute Gasteiger partial charge is 0.318 e. The van der Waals surface area contributed by atoms with E-state index in [-0.39, 0.29) is 18.2 Å². The minimum absolute atomic E-state index is 0.0529. The van der Waals surface area contributed by atoms with Gasteiger partial charge in [-0.2, -0.15) is 0 Å². The number of benzene rings is 3. The summed E-state index contributed by atoms with van der Waals surface area (Å²) in [6.07, 6.45) is -0.0529. The molecule has 3 aromatic carbocycles. The van der Waals surface area contributed by atoms with Gasteiger partial charge in [0.15, 0.2) is 0 Å². The van der Waals surface area contributed by atoms with Crippen molar-refractivity contribution < 1.29 is 4.52 Å². The Balaban J connectivity index is 1.78. The zero-order valence-electron chi connectivity index (χ0n) is 18.6. The number of likely N-dealkylation sites (N-methyl/N-ethyl adjacent to an activating group) is 2. The Labute approximate surface area is 191 Å². The van der Waals surface area contributed by atoms with E-state index in [1.54, 1.807) is 0 Å². The van der Waals surface area contributed by atoms with E-state index in [2.05, 4.69) is 122 Å². The van der Waals surface area contributed by atoms with Gasteiger partial charge in [-0.25, -0.2) is 9.34 Å². The Morgan fingerprint density at radius 2 is 1.10 bits per heavy atom. The lowest BCUT2D eigenvalue weighted by Crippen LogP contribution is -2.21. The predicted octanol–water partition coefficient (Wildman–Crippen LogP) is 6.98. The third-order valence-corrected chi connectivity index (χ3v) is 10.6. The first-order valence-corrected chi connectivity index (χ1v) is 13.5. The van der Waals surface area contributed by atoms with Gasteiger partial charge in [0.2, 0.25) is 6.57 Å². The SMILES string of the molecule is CC(C)[C@H](OP1(=S)N(C)[C@H](c2ccccc2)[C@@H](c2ccccc2)N1C)c1ccccc1. The molecule has 0 aliphatic carbocycles. The average Bonchev–Trinajstić information content (AvgIpc) is 3.00. The second-order valence-corrected chi connectivity index (χ2v) is 12.4. The third-order valence-electron chi connectivity index (χ3n) is 6.17. The summed E-state index contributed by atoms with van der Waals surface area (Å²) in [5.74, 6) is 0.315. The van der Waals surface area contributed by atoms with Crippen molar-refractivity contribution in [1.29, 1.82) is 0 Å². The quantitative estimate of drug-likeness (QED) is 0.376. The Kier molecular flexibility index (Phi) is 6.76. The minimum atomic E-state index is -2.47. The third kappa shape index (κ3) is 4.28. The molecule has 0 aromatic heterocycles. The van der Waals surface area contributed by atoms with Gasteiger partial charge < -0.3 is 4.52 Å². The molecule has 31 heavy (non-hydrogen) atoms. The van der Waals surface area contributed by atoms with E-state index in [9.17, 15) is 0 Å². The van der Waals surface area contributed by atoms with E-state index in [1.165, 1.54) is 16.7 Å². The van der Waals surface area contributed by atoms with Crippen molar-refractivity contribution in [2.45, 2.75) is 32.0 Å². The molecule has 0 amide bonds. The van der Waals surface area contributed by atoms with Crippen LogP contribution in [0.5, 0.6) is 0 Å². The van der Waals surface area contributed by atoms with E-state index in [0.29, 0.717) is 5.92 Å². The molecule has 3 nitrogen and oxygen atoms in total. The smallest absolute Gasteiger partial charge is 0.204 e. The molecular weight excluding hydrogens is 419 g/mol. The fourth-order valence-corrected chi connectivity index (χ4v) is 7.99. The van der Waals surface area contributed by atoms with Gasteiger partial charge in [0.25, 0.3) is 0 Å².